The normalized spacial score (nSPS) is 13.0. The molecule has 1 N–H and O–H groups in total. The van der Waals surface area contributed by atoms with Crippen LogP contribution >= 0.6 is 0 Å². The van der Waals surface area contributed by atoms with Crippen molar-refractivity contribution < 1.29 is 13.3 Å². The van der Waals surface area contributed by atoms with Crippen molar-refractivity contribution in [3.8, 4) is 0 Å². The van der Waals surface area contributed by atoms with Gasteiger partial charge < -0.3 is 0 Å². The van der Waals surface area contributed by atoms with Crippen LogP contribution in [0.5, 0.6) is 0 Å². The fraction of sp³-hybridized carbons (Fsp3) is 0.222. The van der Waals surface area contributed by atoms with Crippen LogP contribution in [0.1, 0.15) is 30.0 Å². The van der Waals surface area contributed by atoms with Gasteiger partial charge in [-0.05, 0) is 24.0 Å². The first-order valence-corrected chi connectivity index (χ1v) is 9.67. The van der Waals surface area contributed by atoms with E-state index in [4.69, 9.17) is 0 Å². The number of nitro benzene ring substituents is 1. The average molecular weight is 360 g/mol. The van der Waals surface area contributed by atoms with Crippen LogP contribution in [-0.4, -0.2) is 19.6 Å². The Bertz CT molecular complexity index is 848. The Balaban J connectivity index is 2.12. The molecule has 1 unspecified atom stereocenters. The molecular formula is C18H20N2O4S. The molecule has 25 heavy (non-hydrogen) atoms. The molecule has 0 heterocycles. The lowest BCUT2D eigenvalue weighted by Gasteiger charge is -2.17. The first-order valence-electron chi connectivity index (χ1n) is 7.78. The summed E-state index contributed by atoms with van der Waals surface area (Å²) in [4.78, 5) is 10.4. The Hall–Kier alpha value is -2.51. The Labute approximate surface area is 147 Å². The van der Waals surface area contributed by atoms with Crippen LogP contribution < -0.4 is 4.72 Å². The lowest BCUT2D eigenvalue weighted by Crippen LogP contribution is -2.27. The lowest BCUT2D eigenvalue weighted by atomic mass is 10.0. The molecule has 0 amide bonds. The summed E-state index contributed by atoms with van der Waals surface area (Å²) >= 11 is 0. The second kappa shape index (κ2) is 8.55. The number of rotatable bonds is 8. The van der Waals surface area contributed by atoms with Crippen molar-refractivity contribution in [1.29, 1.82) is 0 Å². The second-order valence-electron chi connectivity index (χ2n) is 5.69. The van der Waals surface area contributed by atoms with E-state index in [-0.39, 0.29) is 5.69 Å². The summed E-state index contributed by atoms with van der Waals surface area (Å²) in [6.45, 7) is 0. The maximum Gasteiger partial charge on any atom is 0.269 e. The van der Waals surface area contributed by atoms with Crippen LogP contribution in [0.4, 0.5) is 5.69 Å². The molecule has 0 radical (unpaired) electrons. The maximum absolute atomic E-state index is 11.6. The number of non-ortho nitro benzene ring substituents is 1. The zero-order valence-corrected chi connectivity index (χ0v) is 14.6. The van der Waals surface area contributed by atoms with Crippen molar-refractivity contribution in [2.75, 3.05) is 6.26 Å². The first-order chi connectivity index (χ1) is 11.8. The molecular weight excluding hydrogens is 340 g/mol. The Morgan fingerprint density at radius 3 is 2.52 bits per heavy atom. The molecule has 0 aromatic heterocycles. The highest BCUT2D eigenvalue weighted by Gasteiger charge is 2.17. The van der Waals surface area contributed by atoms with Gasteiger partial charge in [-0.1, -0.05) is 54.6 Å². The summed E-state index contributed by atoms with van der Waals surface area (Å²) in [5.74, 6) is 0. The Morgan fingerprint density at radius 2 is 1.88 bits per heavy atom. The average Bonchev–Trinajstić information content (AvgIpc) is 2.57. The van der Waals surface area contributed by atoms with Gasteiger partial charge in [0, 0.05) is 18.2 Å². The largest absolute Gasteiger partial charge is 0.269 e. The number of sulfonamides is 1. The first kappa shape index (κ1) is 18.8. The predicted molar refractivity (Wildman–Crippen MR) is 98.5 cm³/mol. The predicted octanol–water partition coefficient (Wildman–Crippen LogP) is 3.68. The summed E-state index contributed by atoms with van der Waals surface area (Å²) < 4.78 is 25.8. The standard InChI is InChI=1S/C18H20N2O4S/c1-25(23,24)19-18(16-11-7-12-17(14-16)20(21)22)13-6-5-10-15-8-3-2-4-9-15/h2-5,7-12,14,18-19H,6,13H2,1H3/b10-5+. The van der Waals surface area contributed by atoms with E-state index in [1.54, 1.807) is 12.1 Å². The molecule has 0 saturated carbocycles. The number of nitro groups is 1. The molecule has 0 bridgehead atoms. The fourth-order valence-corrected chi connectivity index (χ4v) is 3.22. The number of hydrogen-bond donors (Lipinski definition) is 1. The number of hydrogen-bond acceptors (Lipinski definition) is 4. The molecule has 2 aromatic rings. The highest BCUT2D eigenvalue weighted by molar-refractivity contribution is 7.88. The number of nitrogens with zero attached hydrogens (tertiary/aromatic N) is 1. The van der Waals surface area contributed by atoms with Crippen LogP contribution in [-0.2, 0) is 10.0 Å². The fourth-order valence-electron chi connectivity index (χ4n) is 2.45. The Kier molecular flexibility index (Phi) is 6.44. The molecule has 0 aliphatic rings. The summed E-state index contributed by atoms with van der Waals surface area (Å²) in [7, 11) is -3.44. The smallest absolute Gasteiger partial charge is 0.258 e. The van der Waals surface area contributed by atoms with Crippen molar-refractivity contribution in [1.82, 2.24) is 4.72 Å². The molecule has 6 nitrogen and oxygen atoms in total. The van der Waals surface area contributed by atoms with Gasteiger partial charge in [0.25, 0.3) is 5.69 Å². The van der Waals surface area contributed by atoms with Crippen LogP contribution in [0, 0.1) is 10.1 Å². The van der Waals surface area contributed by atoms with Gasteiger partial charge in [-0.2, -0.15) is 0 Å². The van der Waals surface area contributed by atoms with Crippen molar-refractivity contribution in [2.45, 2.75) is 18.9 Å². The highest BCUT2D eigenvalue weighted by atomic mass is 32.2. The van der Waals surface area contributed by atoms with E-state index in [2.05, 4.69) is 4.72 Å². The summed E-state index contributed by atoms with van der Waals surface area (Å²) in [6, 6.07) is 15.3. The van der Waals surface area contributed by atoms with Crippen LogP contribution in [0.2, 0.25) is 0 Å². The number of nitrogens with one attached hydrogen (secondary N) is 1. The van der Waals surface area contributed by atoms with Gasteiger partial charge in [0.1, 0.15) is 0 Å². The van der Waals surface area contributed by atoms with Gasteiger partial charge in [0.15, 0.2) is 0 Å². The quantitative estimate of drug-likeness (QED) is 0.574. The van der Waals surface area contributed by atoms with Crippen LogP contribution in [0.25, 0.3) is 6.08 Å². The summed E-state index contributed by atoms with van der Waals surface area (Å²) in [5, 5.41) is 10.9. The molecule has 132 valence electrons. The van der Waals surface area contributed by atoms with Gasteiger partial charge >= 0.3 is 0 Å². The third-order valence-corrected chi connectivity index (χ3v) is 4.28. The monoisotopic (exact) mass is 360 g/mol. The lowest BCUT2D eigenvalue weighted by molar-refractivity contribution is -0.384. The van der Waals surface area contributed by atoms with E-state index in [1.807, 2.05) is 42.5 Å². The second-order valence-corrected chi connectivity index (χ2v) is 7.47. The molecule has 0 fully saturated rings. The van der Waals surface area contributed by atoms with Crippen molar-refractivity contribution >= 4 is 21.8 Å². The van der Waals surface area contributed by atoms with Gasteiger partial charge in [0.05, 0.1) is 11.2 Å². The summed E-state index contributed by atoms with van der Waals surface area (Å²) in [6.07, 6.45) is 6.13. The molecule has 0 spiro atoms. The zero-order chi connectivity index (χ0) is 18.3. The van der Waals surface area contributed by atoms with Crippen molar-refractivity contribution in [3.05, 3.63) is 81.9 Å². The van der Waals surface area contributed by atoms with E-state index < -0.39 is 21.0 Å². The molecule has 0 saturated heterocycles. The molecule has 2 rings (SSSR count). The third-order valence-electron chi connectivity index (χ3n) is 3.57. The van der Waals surface area contributed by atoms with Gasteiger partial charge in [-0.15, -0.1) is 0 Å². The maximum atomic E-state index is 11.6. The van der Waals surface area contributed by atoms with E-state index in [1.165, 1.54) is 12.1 Å². The van der Waals surface area contributed by atoms with Crippen molar-refractivity contribution in [3.63, 3.8) is 0 Å². The minimum Gasteiger partial charge on any atom is -0.258 e. The molecule has 7 heteroatoms. The zero-order valence-electron chi connectivity index (χ0n) is 13.8. The number of benzene rings is 2. The van der Waals surface area contributed by atoms with Gasteiger partial charge in [-0.3, -0.25) is 10.1 Å². The van der Waals surface area contributed by atoms with Crippen LogP contribution in [0.15, 0.2) is 60.7 Å². The third kappa shape index (κ3) is 6.48. The van der Waals surface area contributed by atoms with Crippen LogP contribution in [0.3, 0.4) is 0 Å². The molecule has 0 aliphatic carbocycles. The minimum atomic E-state index is -3.44. The van der Waals surface area contributed by atoms with E-state index in [0.29, 0.717) is 18.4 Å². The van der Waals surface area contributed by atoms with E-state index >= 15 is 0 Å². The minimum absolute atomic E-state index is 0.0578. The van der Waals surface area contributed by atoms with Gasteiger partial charge in [0.2, 0.25) is 10.0 Å². The topological polar surface area (TPSA) is 89.3 Å². The van der Waals surface area contributed by atoms with Crippen molar-refractivity contribution in [2.24, 2.45) is 0 Å². The summed E-state index contributed by atoms with van der Waals surface area (Å²) in [5.41, 5.74) is 1.58. The molecule has 0 aliphatic heterocycles. The highest BCUT2D eigenvalue weighted by Crippen LogP contribution is 2.24. The molecule has 1 atom stereocenters. The Morgan fingerprint density at radius 1 is 1.16 bits per heavy atom. The molecule has 2 aromatic carbocycles. The van der Waals surface area contributed by atoms with E-state index in [9.17, 15) is 18.5 Å². The SMILES string of the molecule is CS(=O)(=O)NC(CC/C=C/c1ccccc1)c1cccc([N+](=O)[O-])c1. The number of allylic oxidation sites excluding steroid dienone is 1. The van der Waals surface area contributed by atoms with Gasteiger partial charge in [-0.25, -0.2) is 13.1 Å². The van der Waals surface area contributed by atoms with E-state index in [0.717, 1.165) is 11.8 Å².